The van der Waals surface area contributed by atoms with Crippen LogP contribution in [0.5, 0.6) is 0 Å². The average Bonchev–Trinajstić information content (AvgIpc) is 2.58. The van der Waals surface area contributed by atoms with Gasteiger partial charge in [0.1, 0.15) is 0 Å². The summed E-state index contributed by atoms with van der Waals surface area (Å²) >= 11 is 0. The van der Waals surface area contributed by atoms with Gasteiger partial charge in [-0.05, 0) is 56.0 Å². The number of benzene rings is 1. The molecular formula is C15H24N2. The van der Waals surface area contributed by atoms with Crippen LogP contribution in [0.3, 0.4) is 0 Å². The Labute approximate surface area is 105 Å². The van der Waals surface area contributed by atoms with Crippen LogP contribution in [0.25, 0.3) is 0 Å². The van der Waals surface area contributed by atoms with Crippen LogP contribution in [-0.2, 0) is 6.42 Å². The summed E-state index contributed by atoms with van der Waals surface area (Å²) in [5, 5.41) is 3.54. The summed E-state index contributed by atoms with van der Waals surface area (Å²) < 4.78 is 0. The van der Waals surface area contributed by atoms with Gasteiger partial charge in [-0.1, -0.05) is 18.6 Å². The smallest absolute Gasteiger partial charge is 0.0363 e. The Morgan fingerprint density at radius 1 is 1.29 bits per heavy atom. The molecular weight excluding hydrogens is 208 g/mol. The van der Waals surface area contributed by atoms with Gasteiger partial charge in [-0.3, -0.25) is 0 Å². The van der Waals surface area contributed by atoms with Crippen LogP contribution >= 0.6 is 0 Å². The topological polar surface area (TPSA) is 15.3 Å². The Balaban J connectivity index is 1.99. The molecule has 2 nitrogen and oxygen atoms in total. The van der Waals surface area contributed by atoms with E-state index in [4.69, 9.17) is 0 Å². The zero-order valence-electron chi connectivity index (χ0n) is 11.1. The number of nitrogens with one attached hydrogen (secondary N) is 1. The molecule has 17 heavy (non-hydrogen) atoms. The highest BCUT2D eigenvalue weighted by Crippen LogP contribution is 2.20. The molecule has 0 bridgehead atoms. The fourth-order valence-electron chi connectivity index (χ4n) is 2.56. The highest BCUT2D eigenvalue weighted by molar-refractivity contribution is 5.47. The molecule has 0 aromatic heterocycles. The molecule has 1 aromatic rings. The number of hydrogen-bond acceptors (Lipinski definition) is 2. The van der Waals surface area contributed by atoms with Crippen molar-refractivity contribution in [3.63, 3.8) is 0 Å². The van der Waals surface area contributed by atoms with E-state index in [1.807, 2.05) is 0 Å². The van der Waals surface area contributed by atoms with E-state index in [2.05, 4.69) is 48.6 Å². The Morgan fingerprint density at radius 2 is 2.18 bits per heavy atom. The van der Waals surface area contributed by atoms with Crippen molar-refractivity contribution < 1.29 is 0 Å². The molecule has 1 atom stereocenters. The summed E-state index contributed by atoms with van der Waals surface area (Å²) in [5.41, 5.74) is 2.79. The summed E-state index contributed by atoms with van der Waals surface area (Å²) in [6.45, 7) is 2.39. The molecule has 0 radical (unpaired) electrons. The van der Waals surface area contributed by atoms with E-state index in [-0.39, 0.29) is 0 Å². The van der Waals surface area contributed by atoms with Crippen LogP contribution in [0.4, 0.5) is 5.69 Å². The van der Waals surface area contributed by atoms with Gasteiger partial charge in [0, 0.05) is 19.8 Å². The predicted octanol–water partition coefficient (Wildman–Crippen LogP) is 2.68. The van der Waals surface area contributed by atoms with Gasteiger partial charge in [-0.2, -0.15) is 0 Å². The first-order valence-electron chi connectivity index (χ1n) is 6.72. The van der Waals surface area contributed by atoms with Gasteiger partial charge in [0.15, 0.2) is 0 Å². The molecule has 0 spiro atoms. The van der Waals surface area contributed by atoms with E-state index in [0.717, 1.165) is 5.92 Å². The van der Waals surface area contributed by atoms with Crippen molar-refractivity contribution in [2.75, 3.05) is 32.1 Å². The summed E-state index contributed by atoms with van der Waals surface area (Å²) in [6.07, 6.45) is 5.31. The molecule has 1 heterocycles. The minimum Gasteiger partial charge on any atom is -0.378 e. The summed E-state index contributed by atoms with van der Waals surface area (Å²) in [5.74, 6) is 0.815. The predicted molar refractivity (Wildman–Crippen MR) is 74.7 cm³/mol. The van der Waals surface area contributed by atoms with Gasteiger partial charge in [-0.15, -0.1) is 0 Å². The van der Waals surface area contributed by atoms with E-state index in [1.165, 1.54) is 50.0 Å². The molecule has 94 valence electrons. The van der Waals surface area contributed by atoms with Crippen LogP contribution in [0, 0.1) is 5.92 Å². The molecule has 2 heteroatoms. The van der Waals surface area contributed by atoms with Crippen molar-refractivity contribution in [2.24, 2.45) is 5.92 Å². The second kappa shape index (κ2) is 6.06. The molecule has 0 saturated carbocycles. The Bertz CT molecular complexity index is 339. The van der Waals surface area contributed by atoms with Crippen LogP contribution in [0.1, 0.15) is 24.8 Å². The van der Waals surface area contributed by atoms with E-state index >= 15 is 0 Å². The van der Waals surface area contributed by atoms with Crippen molar-refractivity contribution in [1.29, 1.82) is 0 Å². The van der Waals surface area contributed by atoms with Gasteiger partial charge in [0.2, 0.25) is 0 Å². The molecule has 1 aliphatic rings. The quantitative estimate of drug-likeness (QED) is 0.862. The van der Waals surface area contributed by atoms with E-state index in [9.17, 15) is 0 Å². The lowest BCUT2D eigenvalue weighted by atomic mass is 9.95. The lowest BCUT2D eigenvalue weighted by Gasteiger charge is -2.17. The largest absolute Gasteiger partial charge is 0.378 e. The molecule has 0 amide bonds. The lowest BCUT2D eigenvalue weighted by molar-refractivity contribution is 0.477. The van der Waals surface area contributed by atoms with Crippen molar-refractivity contribution in [3.8, 4) is 0 Å². The first-order chi connectivity index (χ1) is 8.25. The number of anilines is 1. The van der Waals surface area contributed by atoms with Gasteiger partial charge in [0.25, 0.3) is 0 Å². The monoisotopic (exact) mass is 232 g/mol. The molecule has 1 N–H and O–H groups in total. The van der Waals surface area contributed by atoms with Crippen LogP contribution in [0.2, 0.25) is 0 Å². The fraction of sp³-hybridized carbons (Fsp3) is 0.600. The highest BCUT2D eigenvalue weighted by Gasteiger charge is 2.12. The number of hydrogen-bond donors (Lipinski definition) is 1. The summed E-state index contributed by atoms with van der Waals surface area (Å²) in [7, 11) is 4.21. The first kappa shape index (κ1) is 12.4. The Kier molecular flexibility index (Phi) is 4.43. The van der Waals surface area contributed by atoms with Crippen LogP contribution in [0.15, 0.2) is 24.3 Å². The van der Waals surface area contributed by atoms with Crippen molar-refractivity contribution in [1.82, 2.24) is 5.32 Å². The Morgan fingerprint density at radius 3 is 3.00 bits per heavy atom. The van der Waals surface area contributed by atoms with E-state index in [0.29, 0.717) is 0 Å². The van der Waals surface area contributed by atoms with Gasteiger partial charge in [0.05, 0.1) is 0 Å². The maximum Gasteiger partial charge on any atom is 0.0363 e. The lowest BCUT2D eigenvalue weighted by Crippen LogP contribution is -2.22. The van der Waals surface area contributed by atoms with E-state index in [1.54, 1.807) is 0 Å². The third-order valence-corrected chi connectivity index (χ3v) is 3.60. The normalized spacial score (nSPS) is 20.9. The van der Waals surface area contributed by atoms with Crippen molar-refractivity contribution in [2.45, 2.75) is 25.7 Å². The fourth-order valence-corrected chi connectivity index (χ4v) is 2.56. The van der Waals surface area contributed by atoms with Crippen LogP contribution < -0.4 is 10.2 Å². The maximum atomic E-state index is 3.54. The third kappa shape index (κ3) is 3.74. The zero-order chi connectivity index (χ0) is 12.1. The minimum atomic E-state index is 0.815. The van der Waals surface area contributed by atoms with Gasteiger partial charge in [-0.25, -0.2) is 0 Å². The standard InChI is InChI=1S/C15H24N2/c1-17(2)15-8-5-7-13(11-15)10-14-6-3-4-9-16-12-14/h5,7-8,11,14,16H,3-4,6,9-10,12H2,1-2H3. The molecule has 1 aromatic carbocycles. The second-order valence-electron chi connectivity index (χ2n) is 5.33. The Hall–Kier alpha value is -1.02. The van der Waals surface area contributed by atoms with Crippen molar-refractivity contribution >= 4 is 5.69 Å². The molecule has 1 unspecified atom stereocenters. The molecule has 1 aliphatic heterocycles. The zero-order valence-corrected chi connectivity index (χ0v) is 11.1. The second-order valence-corrected chi connectivity index (χ2v) is 5.33. The van der Waals surface area contributed by atoms with Crippen LogP contribution in [-0.4, -0.2) is 27.2 Å². The third-order valence-electron chi connectivity index (χ3n) is 3.60. The first-order valence-corrected chi connectivity index (χ1v) is 6.72. The van der Waals surface area contributed by atoms with Gasteiger partial charge >= 0.3 is 0 Å². The number of rotatable bonds is 3. The molecule has 1 saturated heterocycles. The van der Waals surface area contributed by atoms with Gasteiger partial charge < -0.3 is 10.2 Å². The molecule has 0 aliphatic carbocycles. The summed E-state index contributed by atoms with van der Waals surface area (Å²) in [6, 6.07) is 8.94. The minimum absolute atomic E-state index is 0.815. The highest BCUT2D eigenvalue weighted by atomic mass is 15.1. The SMILES string of the molecule is CN(C)c1cccc(CC2CCCCNC2)c1. The number of nitrogens with zero attached hydrogens (tertiary/aromatic N) is 1. The molecule has 1 fully saturated rings. The average molecular weight is 232 g/mol. The summed E-state index contributed by atoms with van der Waals surface area (Å²) in [4.78, 5) is 2.18. The van der Waals surface area contributed by atoms with Crippen molar-refractivity contribution in [3.05, 3.63) is 29.8 Å². The van der Waals surface area contributed by atoms with E-state index < -0.39 is 0 Å². The maximum absolute atomic E-state index is 3.54. The molecule has 2 rings (SSSR count).